The van der Waals surface area contributed by atoms with E-state index in [4.69, 9.17) is 23.7 Å². The van der Waals surface area contributed by atoms with Crippen molar-refractivity contribution in [2.24, 2.45) is 0 Å². The van der Waals surface area contributed by atoms with Crippen molar-refractivity contribution in [3.63, 3.8) is 0 Å². The van der Waals surface area contributed by atoms with E-state index in [0.29, 0.717) is 6.42 Å². The van der Waals surface area contributed by atoms with E-state index in [-0.39, 0.29) is 18.9 Å². The van der Waals surface area contributed by atoms with Crippen LogP contribution in [0.5, 0.6) is 0 Å². The van der Waals surface area contributed by atoms with Gasteiger partial charge in [-0.25, -0.2) is 0 Å². The van der Waals surface area contributed by atoms with Crippen molar-refractivity contribution in [2.75, 3.05) is 6.61 Å². The van der Waals surface area contributed by atoms with Crippen LogP contribution in [0.15, 0.2) is 0 Å². The number of hydrogen-bond acceptors (Lipinski definition) is 10. The van der Waals surface area contributed by atoms with E-state index >= 15 is 0 Å². The zero-order chi connectivity index (χ0) is 25.0. The van der Waals surface area contributed by atoms with Gasteiger partial charge in [0, 0.05) is 34.1 Å². The van der Waals surface area contributed by atoms with Crippen molar-refractivity contribution in [3.05, 3.63) is 0 Å². The molecule has 188 valence electrons. The lowest BCUT2D eigenvalue weighted by molar-refractivity contribution is -0.271. The summed E-state index contributed by atoms with van der Waals surface area (Å²) in [6.07, 6.45) is -0.0783. The van der Waals surface area contributed by atoms with Crippen molar-refractivity contribution in [3.8, 4) is 0 Å². The number of unbranched alkanes of at least 4 members (excludes halogenated alkanes) is 4. The Morgan fingerprint density at radius 2 is 1.33 bits per heavy atom. The van der Waals surface area contributed by atoms with Crippen LogP contribution < -0.4 is 5.32 Å². The highest BCUT2D eigenvalue weighted by Crippen LogP contribution is 2.28. The minimum absolute atomic E-state index is 0.203. The lowest BCUT2D eigenvalue weighted by atomic mass is 9.95. The number of amides is 1. The van der Waals surface area contributed by atoms with Gasteiger partial charge < -0.3 is 29.0 Å². The Hall–Kier alpha value is -2.69. The summed E-state index contributed by atoms with van der Waals surface area (Å²) in [6.45, 7) is 6.36. The Labute approximate surface area is 193 Å². The molecule has 0 bridgehead atoms. The molecule has 0 aromatic rings. The lowest BCUT2D eigenvalue weighted by Crippen LogP contribution is -2.67. The van der Waals surface area contributed by atoms with Gasteiger partial charge in [-0.2, -0.15) is 0 Å². The molecule has 1 aliphatic rings. The van der Waals surface area contributed by atoms with Crippen molar-refractivity contribution in [1.82, 2.24) is 5.32 Å². The molecule has 33 heavy (non-hydrogen) atoms. The van der Waals surface area contributed by atoms with Gasteiger partial charge in [0.05, 0.1) is 0 Å². The molecule has 11 nitrogen and oxygen atoms in total. The third-order valence-electron chi connectivity index (χ3n) is 4.82. The first-order valence-electron chi connectivity index (χ1n) is 11.1. The maximum absolute atomic E-state index is 12.6. The average molecular weight is 474 g/mol. The van der Waals surface area contributed by atoms with Gasteiger partial charge in [0.25, 0.3) is 0 Å². The zero-order valence-electron chi connectivity index (χ0n) is 19.9. The van der Waals surface area contributed by atoms with Crippen molar-refractivity contribution >= 4 is 29.8 Å². The molecule has 1 saturated heterocycles. The summed E-state index contributed by atoms with van der Waals surface area (Å²) in [5, 5.41) is 2.69. The van der Waals surface area contributed by atoms with E-state index in [0.717, 1.165) is 46.5 Å². The molecular formula is C22H35NO10. The summed E-state index contributed by atoms with van der Waals surface area (Å²) in [7, 11) is 0. The van der Waals surface area contributed by atoms with Gasteiger partial charge in [-0.15, -0.1) is 0 Å². The minimum Gasteiger partial charge on any atom is -0.463 e. The van der Waals surface area contributed by atoms with Crippen molar-refractivity contribution in [1.29, 1.82) is 0 Å². The summed E-state index contributed by atoms with van der Waals surface area (Å²) in [4.78, 5) is 59.2. The second-order valence-corrected chi connectivity index (χ2v) is 7.86. The number of esters is 4. The first kappa shape index (κ1) is 28.3. The van der Waals surface area contributed by atoms with Gasteiger partial charge in [-0.05, 0) is 6.42 Å². The molecule has 0 aromatic carbocycles. The molecule has 11 heteroatoms. The van der Waals surface area contributed by atoms with Gasteiger partial charge in [0.2, 0.25) is 12.2 Å². The van der Waals surface area contributed by atoms with Crippen LogP contribution in [-0.4, -0.2) is 67.0 Å². The summed E-state index contributed by atoms with van der Waals surface area (Å²) in [5.41, 5.74) is 0. The van der Waals surface area contributed by atoms with Crippen LogP contribution in [0.1, 0.15) is 73.1 Å². The highest BCUT2D eigenvalue weighted by molar-refractivity contribution is 5.76. The van der Waals surface area contributed by atoms with E-state index in [2.05, 4.69) is 12.2 Å². The number of carbonyl (C=O) groups is 5. The molecule has 1 aliphatic heterocycles. The molecule has 1 fully saturated rings. The summed E-state index contributed by atoms with van der Waals surface area (Å²) in [5.74, 6) is -3.12. The fourth-order valence-electron chi connectivity index (χ4n) is 3.47. The number of hydrogen-bond donors (Lipinski definition) is 1. The normalized spacial score (nSPS) is 24.3. The predicted molar refractivity (Wildman–Crippen MR) is 113 cm³/mol. The Balaban J connectivity index is 3.14. The standard InChI is InChI=1S/C22H35NO10/c1-6-7-8-9-10-11-18(28)23-19-21(31-15(4)26)20(30-14(3)25)17(12-29-13(2)24)33-22(19)32-16(5)27/h17,19-22H,6-12H2,1-5H3,(H,23,28)/t17-,19+,20+,21+,22-/m0/s1. The molecule has 0 aromatic heterocycles. The van der Waals surface area contributed by atoms with Gasteiger partial charge in [-0.3, -0.25) is 24.0 Å². The maximum atomic E-state index is 12.6. The van der Waals surface area contributed by atoms with Crippen LogP contribution in [0.3, 0.4) is 0 Å². The molecule has 1 heterocycles. The molecule has 0 spiro atoms. The summed E-state index contributed by atoms with van der Waals surface area (Å²) in [6, 6.07) is -1.15. The molecule has 0 aliphatic carbocycles. The van der Waals surface area contributed by atoms with Crippen LogP contribution in [0, 0.1) is 0 Å². The SMILES string of the molecule is CCCCCCCC(=O)N[C@H]1[C@@H](OC(C)=O)O[C@@H](COC(C)=O)[C@@H](OC(C)=O)[C@@H]1OC(C)=O. The molecule has 1 N–H and O–H groups in total. The molecule has 1 amide bonds. The number of rotatable bonds is 12. The van der Waals surface area contributed by atoms with E-state index in [9.17, 15) is 24.0 Å². The maximum Gasteiger partial charge on any atom is 0.305 e. The summed E-state index contributed by atoms with van der Waals surface area (Å²) >= 11 is 0. The Morgan fingerprint density at radius 3 is 1.88 bits per heavy atom. The first-order chi connectivity index (χ1) is 15.5. The molecule has 1 rings (SSSR count). The molecule has 5 atom stereocenters. The van der Waals surface area contributed by atoms with E-state index in [1.54, 1.807) is 0 Å². The Kier molecular flexibility index (Phi) is 12.4. The van der Waals surface area contributed by atoms with Gasteiger partial charge in [-0.1, -0.05) is 32.6 Å². The lowest BCUT2D eigenvalue weighted by Gasteiger charge is -2.44. The number of carbonyl (C=O) groups excluding carboxylic acids is 5. The van der Waals surface area contributed by atoms with Crippen LogP contribution in [-0.2, 0) is 47.7 Å². The average Bonchev–Trinajstić information content (AvgIpc) is 2.69. The highest BCUT2D eigenvalue weighted by Gasteiger charge is 2.52. The van der Waals surface area contributed by atoms with Crippen LogP contribution in [0.4, 0.5) is 0 Å². The minimum atomic E-state index is -1.37. The zero-order valence-corrected chi connectivity index (χ0v) is 19.9. The van der Waals surface area contributed by atoms with Crippen molar-refractivity contribution in [2.45, 2.75) is 104 Å². The second-order valence-electron chi connectivity index (χ2n) is 7.86. The quantitative estimate of drug-likeness (QED) is 0.252. The first-order valence-corrected chi connectivity index (χ1v) is 11.1. The van der Waals surface area contributed by atoms with Crippen LogP contribution >= 0.6 is 0 Å². The largest absolute Gasteiger partial charge is 0.463 e. The Bertz CT molecular complexity index is 695. The van der Waals surface area contributed by atoms with Crippen molar-refractivity contribution < 1.29 is 47.7 Å². The van der Waals surface area contributed by atoms with E-state index < -0.39 is 54.5 Å². The summed E-state index contributed by atoms with van der Waals surface area (Å²) < 4.78 is 26.6. The van der Waals surface area contributed by atoms with E-state index in [1.165, 1.54) is 6.92 Å². The topological polar surface area (TPSA) is 144 Å². The number of nitrogens with one attached hydrogen (secondary N) is 1. The van der Waals surface area contributed by atoms with E-state index in [1.807, 2.05) is 0 Å². The Morgan fingerprint density at radius 1 is 0.758 bits per heavy atom. The predicted octanol–water partition coefficient (Wildman–Crippen LogP) is 1.55. The third kappa shape index (κ3) is 10.6. The third-order valence-corrected chi connectivity index (χ3v) is 4.82. The monoisotopic (exact) mass is 473 g/mol. The second kappa shape index (κ2) is 14.5. The smallest absolute Gasteiger partial charge is 0.305 e. The van der Waals surface area contributed by atoms with Gasteiger partial charge in [0.1, 0.15) is 18.8 Å². The molecular weight excluding hydrogens is 438 g/mol. The van der Waals surface area contributed by atoms with Gasteiger partial charge in [0.15, 0.2) is 12.2 Å². The number of ether oxygens (including phenoxy) is 5. The van der Waals surface area contributed by atoms with Crippen LogP contribution in [0.2, 0.25) is 0 Å². The fraction of sp³-hybridized carbons (Fsp3) is 0.773. The molecule has 0 unspecified atom stereocenters. The molecule has 0 saturated carbocycles. The highest BCUT2D eigenvalue weighted by atomic mass is 16.7. The van der Waals surface area contributed by atoms with Crippen LogP contribution in [0.25, 0.3) is 0 Å². The fourth-order valence-corrected chi connectivity index (χ4v) is 3.47. The van der Waals surface area contributed by atoms with Gasteiger partial charge >= 0.3 is 23.9 Å². The molecule has 0 radical (unpaired) electrons.